The molecule has 0 saturated heterocycles. The number of nitrogens with zero attached hydrogens (tertiary/aromatic N) is 3. The van der Waals surface area contributed by atoms with E-state index in [0.717, 1.165) is 34.1 Å². The number of likely N-dealkylation sites (N-methyl/N-ethyl adjacent to an activating group) is 1. The summed E-state index contributed by atoms with van der Waals surface area (Å²) in [7, 11) is 1.87. The Labute approximate surface area is 129 Å². The van der Waals surface area contributed by atoms with Gasteiger partial charge in [-0.2, -0.15) is 0 Å². The molecule has 0 unspecified atom stereocenters. The molecule has 3 aromatic rings. The molecule has 0 fully saturated rings. The lowest BCUT2D eigenvalue weighted by molar-refractivity contribution is -0.106. The van der Waals surface area contributed by atoms with Crippen LogP contribution in [0.3, 0.4) is 0 Å². The molecule has 0 aliphatic heterocycles. The SMILES string of the molecule is Cc1ccc2nc(N(C)CC=O)cc(-c3ccncc3)c2c1. The Balaban J connectivity index is 2.26. The zero-order valence-corrected chi connectivity index (χ0v) is 12.7. The van der Waals surface area contributed by atoms with Gasteiger partial charge in [0.1, 0.15) is 12.1 Å². The predicted octanol–water partition coefficient (Wildman–Crippen LogP) is 3.24. The number of benzene rings is 1. The normalized spacial score (nSPS) is 10.6. The molecule has 22 heavy (non-hydrogen) atoms. The number of pyridine rings is 2. The van der Waals surface area contributed by atoms with Gasteiger partial charge < -0.3 is 9.69 Å². The van der Waals surface area contributed by atoms with E-state index in [2.05, 4.69) is 29.0 Å². The quantitative estimate of drug-likeness (QED) is 0.692. The molecule has 0 spiro atoms. The van der Waals surface area contributed by atoms with Gasteiger partial charge >= 0.3 is 0 Å². The molecule has 0 aliphatic rings. The molecule has 0 saturated carbocycles. The molecule has 4 nitrogen and oxygen atoms in total. The summed E-state index contributed by atoms with van der Waals surface area (Å²) in [6.07, 6.45) is 4.45. The van der Waals surface area contributed by atoms with Gasteiger partial charge in [0.25, 0.3) is 0 Å². The summed E-state index contributed by atoms with van der Waals surface area (Å²) in [4.78, 5) is 21.4. The number of anilines is 1. The number of aromatic nitrogens is 2. The second kappa shape index (κ2) is 5.93. The summed E-state index contributed by atoms with van der Waals surface area (Å²) in [5.41, 5.74) is 4.31. The number of aryl methyl sites for hydroxylation is 1. The van der Waals surface area contributed by atoms with Crippen LogP contribution in [-0.4, -0.2) is 29.8 Å². The fraction of sp³-hybridized carbons (Fsp3) is 0.167. The molecule has 3 rings (SSSR count). The van der Waals surface area contributed by atoms with Crippen molar-refractivity contribution in [3.8, 4) is 11.1 Å². The number of carbonyl (C=O) groups is 1. The first-order chi connectivity index (χ1) is 10.7. The first-order valence-corrected chi connectivity index (χ1v) is 7.15. The summed E-state index contributed by atoms with van der Waals surface area (Å²) in [6, 6.07) is 12.2. The molecule has 2 aromatic heterocycles. The molecule has 4 heteroatoms. The fourth-order valence-electron chi connectivity index (χ4n) is 2.50. The highest BCUT2D eigenvalue weighted by Gasteiger charge is 2.10. The van der Waals surface area contributed by atoms with Gasteiger partial charge in [0.2, 0.25) is 0 Å². The van der Waals surface area contributed by atoms with Gasteiger partial charge in [-0.3, -0.25) is 4.98 Å². The number of aldehydes is 1. The van der Waals surface area contributed by atoms with Crippen LogP contribution in [0.25, 0.3) is 22.0 Å². The second-order valence-corrected chi connectivity index (χ2v) is 5.33. The van der Waals surface area contributed by atoms with Crippen molar-refractivity contribution in [1.82, 2.24) is 9.97 Å². The number of fused-ring (bicyclic) bond motifs is 1. The Morgan fingerprint density at radius 3 is 2.64 bits per heavy atom. The molecule has 0 radical (unpaired) electrons. The molecular formula is C18H17N3O. The number of rotatable bonds is 4. The molecule has 0 N–H and O–H groups in total. The van der Waals surface area contributed by atoms with Gasteiger partial charge in [-0.25, -0.2) is 4.98 Å². The average Bonchev–Trinajstić information content (AvgIpc) is 2.55. The van der Waals surface area contributed by atoms with Gasteiger partial charge in [0.15, 0.2) is 0 Å². The van der Waals surface area contributed by atoms with Crippen molar-refractivity contribution < 1.29 is 4.79 Å². The van der Waals surface area contributed by atoms with E-state index in [1.165, 1.54) is 5.56 Å². The van der Waals surface area contributed by atoms with Gasteiger partial charge in [0.05, 0.1) is 12.1 Å². The van der Waals surface area contributed by atoms with E-state index in [-0.39, 0.29) is 0 Å². The molecule has 0 aliphatic carbocycles. The zero-order valence-electron chi connectivity index (χ0n) is 12.7. The molecule has 110 valence electrons. The summed E-state index contributed by atoms with van der Waals surface area (Å²) < 4.78 is 0. The first-order valence-electron chi connectivity index (χ1n) is 7.15. The van der Waals surface area contributed by atoms with Crippen LogP contribution in [-0.2, 0) is 4.79 Å². The van der Waals surface area contributed by atoms with E-state index in [4.69, 9.17) is 0 Å². The Hall–Kier alpha value is -2.75. The summed E-state index contributed by atoms with van der Waals surface area (Å²) in [6.45, 7) is 2.39. The highest BCUT2D eigenvalue weighted by atomic mass is 16.1. The Bertz CT molecular complexity index is 815. The van der Waals surface area contributed by atoms with Crippen LogP contribution in [0.2, 0.25) is 0 Å². The van der Waals surface area contributed by atoms with E-state index >= 15 is 0 Å². The van der Waals surface area contributed by atoms with Crippen LogP contribution in [0.4, 0.5) is 5.82 Å². The standard InChI is InChI=1S/C18H17N3O/c1-13-3-4-17-16(11-13)15(14-5-7-19-8-6-14)12-18(20-17)21(2)9-10-22/h3-8,10-12H,9H2,1-2H3. The Morgan fingerprint density at radius 2 is 1.91 bits per heavy atom. The molecule has 2 heterocycles. The highest BCUT2D eigenvalue weighted by Crippen LogP contribution is 2.31. The third kappa shape index (κ3) is 2.68. The van der Waals surface area contributed by atoms with Crippen molar-refractivity contribution in [3.63, 3.8) is 0 Å². The van der Waals surface area contributed by atoms with E-state index in [1.54, 1.807) is 12.4 Å². The molecule has 1 aromatic carbocycles. The maximum absolute atomic E-state index is 10.8. The minimum absolute atomic E-state index is 0.320. The van der Waals surface area contributed by atoms with E-state index in [1.807, 2.05) is 36.2 Å². The van der Waals surface area contributed by atoms with Crippen molar-refractivity contribution >= 4 is 23.0 Å². The summed E-state index contributed by atoms with van der Waals surface area (Å²) in [5, 5.41) is 1.11. The maximum Gasteiger partial charge on any atom is 0.139 e. The Morgan fingerprint density at radius 1 is 1.14 bits per heavy atom. The summed E-state index contributed by atoms with van der Waals surface area (Å²) >= 11 is 0. The molecular weight excluding hydrogens is 274 g/mol. The zero-order chi connectivity index (χ0) is 15.5. The number of hydrogen-bond acceptors (Lipinski definition) is 4. The Kier molecular flexibility index (Phi) is 3.83. The van der Waals surface area contributed by atoms with Crippen molar-refractivity contribution in [3.05, 3.63) is 54.4 Å². The van der Waals surface area contributed by atoms with Gasteiger partial charge in [0, 0.05) is 24.8 Å². The van der Waals surface area contributed by atoms with E-state index in [9.17, 15) is 4.79 Å². The largest absolute Gasteiger partial charge is 0.353 e. The average molecular weight is 291 g/mol. The fourth-order valence-corrected chi connectivity index (χ4v) is 2.50. The second-order valence-electron chi connectivity index (χ2n) is 5.33. The van der Waals surface area contributed by atoms with Crippen molar-refractivity contribution in [2.75, 3.05) is 18.5 Å². The van der Waals surface area contributed by atoms with Crippen LogP contribution in [0.15, 0.2) is 48.8 Å². The van der Waals surface area contributed by atoms with Crippen molar-refractivity contribution in [2.45, 2.75) is 6.92 Å². The minimum Gasteiger partial charge on any atom is -0.353 e. The van der Waals surface area contributed by atoms with Crippen molar-refractivity contribution in [1.29, 1.82) is 0 Å². The van der Waals surface area contributed by atoms with E-state index < -0.39 is 0 Å². The lowest BCUT2D eigenvalue weighted by atomic mass is 10.0. The predicted molar refractivity (Wildman–Crippen MR) is 89.0 cm³/mol. The molecule has 0 atom stereocenters. The number of carbonyl (C=O) groups excluding carboxylic acids is 1. The first kappa shape index (κ1) is 14.2. The third-order valence-corrected chi connectivity index (χ3v) is 3.68. The lowest BCUT2D eigenvalue weighted by Gasteiger charge is -2.18. The highest BCUT2D eigenvalue weighted by molar-refractivity contribution is 5.96. The minimum atomic E-state index is 0.320. The summed E-state index contributed by atoms with van der Waals surface area (Å²) in [5.74, 6) is 0.787. The smallest absolute Gasteiger partial charge is 0.139 e. The molecule has 0 bridgehead atoms. The van der Waals surface area contributed by atoms with Crippen LogP contribution < -0.4 is 4.90 Å². The van der Waals surface area contributed by atoms with Gasteiger partial charge in [-0.05, 0) is 48.4 Å². The van der Waals surface area contributed by atoms with Crippen molar-refractivity contribution in [2.24, 2.45) is 0 Å². The van der Waals surface area contributed by atoms with Crippen LogP contribution in [0.1, 0.15) is 5.56 Å². The lowest BCUT2D eigenvalue weighted by Crippen LogP contribution is -2.20. The van der Waals surface area contributed by atoms with Gasteiger partial charge in [-0.15, -0.1) is 0 Å². The van der Waals surface area contributed by atoms with Crippen LogP contribution in [0.5, 0.6) is 0 Å². The monoisotopic (exact) mass is 291 g/mol. The van der Waals surface area contributed by atoms with Gasteiger partial charge in [-0.1, -0.05) is 11.6 Å². The molecule has 0 amide bonds. The van der Waals surface area contributed by atoms with E-state index in [0.29, 0.717) is 6.54 Å². The topological polar surface area (TPSA) is 46.1 Å². The maximum atomic E-state index is 10.8. The third-order valence-electron chi connectivity index (χ3n) is 3.68. The van der Waals surface area contributed by atoms with Crippen LogP contribution >= 0.6 is 0 Å². The van der Waals surface area contributed by atoms with Crippen LogP contribution in [0, 0.1) is 6.92 Å². The number of hydrogen-bond donors (Lipinski definition) is 0.